The second-order valence-corrected chi connectivity index (χ2v) is 15.0. The van der Waals surface area contributed by atoms with E-state index in [0.29, 0.717) is 24.4 Å². The molecule has 0 radical (unpaired) electrons. The van der Waals surface area contributed by atoms with Gasteiger partial charge in [-0.3, -0.25) is 4.57 Å². The van der Waals surface area contributed by atoms with Crippen LogP contribution in [-0.4, -0.2) is 65.9 Å². The third kappa shape index (κ3) is 8.13. The predicted octanol–water partition coefficient (Wildman–Crippen LogP) is 3.31. The van der Waals surface area contributed by atoms with Gasteiger partial charge >= 0.3 is 6.09 Å². The molecule has 0 unspecified atom stereocenters. The zero-order valence-electron chi connectivity index (χ0n) is 21.0. The van der Waals surface area contributed by atoms with E-state index in [9.17, 15) is 4.79 Å². The monoisotopic (exact) mass is 482 g/mol. The van der Waals surface area contributed by atoms with Gasteiger partial charge in [0.15, 0.2) is 19.5 Å². The van der Waals surface area contributed by atoms with E-state index in [-0.39, 0.29) is 36.7 Å². The maximum Gasteiger partial charge on any atom is 0.407 e. The Labute approximate surface area is 196 Å². The van der Waals surface area contributed by atoms with Crippen molar-refractivity contribution in [2.45, 2.75) is 72.0 Å². The average molecular weight is 483 g/mol. The van der Waals surface area contributed by atoms with E-state index < -0.39 is 20.0 Å². The van der Waals surface area contributed by atoms with E-state index in [2.05, 4.69) is 54.1 Å². The Kier molecular flexibility index (Phi) is 8.66. The van der Waals surface area contributed by atoms with E-state index in [1.54, 1.807) is 31.7 Å². The molecule has 0 spiro atoms. The molecule has 2 aromatic rings. The first-order valence-corrected chi connectivity index (χ1v) is 13.9. The minimum Gasteiger partial charge on any atom is -0.474 e. The Hall–Kier alpha value is -2.44. The second kappa shape index (κ2) is 10.7. The van der Waals surface area contributed by atoms with Crippen LogP contribution in [0.15, 0.2) is 6.33 Å². The molecular formula is C21H38N6O5Si. The summed E-state index contributed by atoms with van der Waals surface area (Å²) in [6.45, 7) is 18.0. The zero-order valence-corrected chi connectivity index (χ0v) is 22.0. The molecule has 0 aliphatic carbocycles. The fraction of sp³-hybridized carbons (Fsp3) is 0.714. The van der Waals surface area contributed by atoms with Gasteiger partial charge in [-0.1, -0.05) is 20.8 Å². The van der Waals surface area contributed by atoms with Gasteiger partial charge in [0.2, 0.25) is 11.8 Å². The standard InChI is InChI=1S/C21H38N6O5Si/c1-20(2,3)32-19(28)23-9-10-30-17-15-16(25-18(22)26-17)27(13-24-15)14-29-11-12-31-33(7,8)21(4,5)6/h13H,9-12,14H2,1-8H3,(H,23,28)(H2,22,25,26). The number of nitrogens with two attached hydrogens (primary N) is 1. The summed E-state index contributed by atoms with van der Waals surface area (Å²) in [4.78, 5) is 24.4. The molecule has 2 rings (SSSR count). The van der Waals surface area contributed by atoms with Gasteiger partial charge in [-0.2, -0.15) is 9.97 Å². The molecule has 186 valence electrons. The van der Waals surface area contributed by atoms with Crippen molar-refractivity contribution in [3.8, 4) is 5.88 Å². The summed E-state index contributed by atoms with van der Waals surface area (Å²) in [5.74, 6) is 0.295. The number of carbonyl (C=O) groups is 1. The van der Waals surface area contributed by atoms with Crippen LogP contribution in [0, 0.1) is 0 Å². The van der Waals surface area contributed by atoms with Crippen LogP contribution in [0.3, 0.4) is 0 Å². The van der Waals surface area contributed by atoms with E-state index in [1.165, 1.54) is 0 Å². The van der Waals surface area contributed by atoms with Gasteiger partial charge in [0.05, 0.1) is 26.1 Å². The van der Waals surface area contributed by atoms with Crippen LogP contribution in [0.5, 0.6) is 5.88 Å². The zero-order chi connectivity index (χ0) is 24.9. The fourth-order valence-corrected chi connectivity index (χ4v) is 3.51. The molecule has 3 N–H and O–H groups in total. The topological polar surface area (TPSA) is 136 Å². The molecule has 2 heterocycles. The third-order valence-corrected chi connectivity index (χ3v) is 9.72. The van der Waals surface area contributed by atoms with Gasteiger partial charge in [-0.05, 0) is 38.9 Å². The molecule has 1 amide bonds. The molecule has 0 fully saturated rings. The fourth-order valence-electron chi connectivity index (χ4n) is 2.48. The molecule has 0 saturated carbocycles. The first kappa shape index (κ1) is 26.8. The van der Waals surface area contributed by atoms with Crippen LogP contribution in [0.25, 0.3) is 11.2 Å². The lowest BCUT2D eigenvalue weighted by molar-refractivity contribution is 0.0519. The number of hydrogen-bond acceptors (Lipinski definition) is 9. The average Bonchev–Trinajstić information content (AvgIpc) is 3.05. The third-order valence-electron chi connectivity index (χ3n) is 5.19. The lowest BCUT2D eigenvalue weighted by Crippen LogP contribution is -2.41. The minimum atomic E-state index is -1.80. The Morgan fingerprint density at radius 2 is 1.82 bits per heavy atom. The van der Waals surface area contributed by atoms with Crippen molar-refractivity contribution >= 4 is 31.5 Å². The molecule has 33 heavy (non-hydrogen) atoms. The molecule has 0 saturated heterocycles. The maximum absolute atomic E-state index is 11.7. The van der Waals surface area contributed by atoms with Crippen LogP contribution in [-0.2, 0) is 20.6 Å². The molecule has 11 nitrogen and oxygen atoms in total. The van der Waals surface area contributed by atoms with Gasteiger partial charge in [-0.15, -0.1) is 0 Å². The van der Waals surface area contributed by atoms with Gasteiger partial charge in [0.1, 0.15) is 18.9 Å². The first-order chi connectivity index (χ1) is 15.2. The van der Waals surface area contributed by atoms with E-state index in [4.69, 9.17) is 24.4 Å². The van der Waals surface area contributed by atoms with Crippen molar-refractivity contribution in [2.75, 3.05) is 32.1 Å². The van der Waals surface area contributed by atoms with Crippen LogP contribution >= 0.6 is 0 Å². The lowest BCUT2D eigenvalue weighted by Gasteiger charge is -2.36. The molecular weight excluding hydrogens is 444 g/mol. The number of alkyl carbamates (subject to hydrolysis) is 1. The number of nitrogens with zero attached hydrogens (tertiary/aromatic N) is 4. The highest BCUT2D eigenvalue weighted by Crippen LogP contribution is 2.36. The second-order valence-electron chi connectivity index (χ2n) is 10.2. The molecule has 12 heteroatoms. The Bertz CT molecular complexity index is 936. The van der Waals surface area contributed by atoms with Crippen molar-refractivity contribution in [1.29, 1.82) is 0 Å². The molecule has 2 aromatic heterocycles. The number of nitrogens with one attached hydrogen (secondary N) is 1. The summed E-state index contributed by atoms with van der Waals surface area (Å²) < 4.78 is 24.5. The lowest BCUT2D eigenvalue weighted by atomic mass is 10.2. The predicted molar refractivity (Wildman–Crippen MR) is 129 cm³/mol. The number of nitrogen functional groups attached to an aromatic ring is 1. The summed E-state index contributed by atoms with van der Waals surface area (Å²) in [6, 6.07) is 0. The summed E-state index contributed by atoms with van der Waals surface area (Å²) in [7, 11) is -1.80. The summed E-state index contributed by atoms with van der Waals surface area (Å²) in [6.07, 6.45) is 1.08. The number of imidazole rings is 1. The number of carbonyl (C=O) groups excluding carboxylic acids is 1. The normalized spacial score (nSPS) is 12.7. The molecule has 0 atom stereocenters. The van der Waals surface area contributed by atoms with Gasteiger partial charge in [-0.25, -0.2) is 9.78 Å². The van der Waals surface area contributed by atoms with Crippen molar-refractivity contribution < 1.29 is 23.4 Å². The molecule has 0 bridgehead atoms. The van der Waals surface area contributed by atoms with Gasteiger partial charge in [0, 0.05) is 0 Å². The number of hydrogen-bond donors (Lipinski definition) is 2. The number of aromatic nitrogens is 4. The quantitative estimate of drug-likeness (QED) is 0.386. The largest absolute Gasteiger partial charge is 0.474 e. The SMILES string of the molecule is CC(C)(C)OC(=O)NCCOc1nc(N)nc2c1ncn2COCCO[Si](C)(C)C(C)(C)C. The highest BCUT2D eigenvalue weighted by molar-refractivity contribution is 6.74. The number of amides is 1. The highest BCUT2D eigenvalue weighted by atomic mass is 28.4. The summed E-state index contributed by atoms with van der Waals surface area (Å²) in [5, 5.41) is 2.78. The van der Waals surface area contributed by atoms with Crippen molar-refractivity contribution in [2.24, 2.45) is 0 Å². The number of anilines is 1. The number of ether oxygens (including phenoxy) is 3. The first-order valence-electron chi connectivity index (χ1n) is 11.0. The van der Waals surface area contributed by atoms with Gasteiger partial charge in [0.25, 0.3) is 0 Å². The van der Waals surface area contributed by atoms with Crippen molar-refractivity contribution in [3.05, 3.63) is 6.33 Å². The highest BCUT2D eigenvalue weighted by Gasteiger charge is 2.36. The van der Waals surface area contributed by atoms with Crippen LogP contribution in [0.2, 0.25) is 18.1 Å². The van der Waals surface area contributed by atoms with Crippen LogP contribution < -0.4 is 15.8 Å². The Morgan fingerprint density at radius 3 is 2.45 bits per heavy atom. The number of fused-ring (bicyclic) bond motifs is 1. The van der Waals surface area contributed by atoms with E-state index in [1.807, 2.05) is 0 Å². The minimum absolute atomic E-state index is 0.0561. The van der Waals surface area contributed by atoms with Crippen molar-refractivity contribution in [3.63, 3.8) is 0 Å². The van der Waals surface area contributed by atoms with Crippen LogP contribution in [0.4, 0.5) is 10.7 Å². The molecule has 0 aromatic carbocycles. The van der Waals surface area contributed by atoms with E-state index >= 15 is 0 Å². The summed E-state index contributed by atoms with van der Waals surface area (Å²) >= 11 is 0. The summed E-state index contributed by atoms with van der Waals surface area (Å²) in [5.41, 5.74) is 6.25. The Morgan fingerprint density at radius 1 is 1.12 bits per heavy atom. The molecule has 0 aliphatic rings. The van der Waals surface area contributed by atoms with E-state index in [0.717, 1.165) is 0 Å². The van der Waals surface area contributed by atoms with Gasteiger partial charge < -0.3 is 29.7 Å². The smallest absolute Gasteiger partial charge is 0.407 e. The van der Waals surface area contributed by atoms with Crippen molar-refractivity contribution in [1.82, 2.24) is 24.8 Å². The number of rotatable bonds is 10. The Balaban J connectivity index is 1.89. The molecule has 0 aliphatic heterocycles. The van der Waals surface area contributed by atoms with Crippen LogP contribution in [0.1, 0.15) is 41.5 Å². The maximum atomic E-state index is 11.7.